The van der Waals surface area contributed by atoms with Gasteiger partial charge in [-0.15, -0.1) is 0 Å². The van der Waals surface area contributed by atoms with Crippen molar-refractivity contribution in [1.82, 2.24) is 4.90 Å². The number of amides is 1. The van der Waals surface area contributed by atoms with E-state index in [1.54, 1.807) is 23.1 Å². The monoisotopic (exact) mass is 272 g/mol. The Morgan fingerprint density at radius 1 is 1.41 bits per heavy atom. The van der Waals surface area contributed by atoms with Crippen LogP contribution in [0.2, 0.25) is 10.0 Å². The number of carbonyl (C=O) groups is 1. The summed E-state index contributed by atoms with van der Waals surface area (Å²) in [6.45, 7) is 3.28. The molecule has 0 aliphatic carbocycles. The van der Waals surface area contributed by atoms with Crippen LogP contribution in [-0.2, 0) is 0 Å². The number of nitrogens with two attached hydrogens (primary N) is 1. The van der Waals surface area contributed by atoms with Crippen LogP contribution in [0.25, 0.3) is 0 Å². The zero-order valence-electron chi connectivity index (χ0n) is 9.49. The lowest BCUT2D eigenvalue weighted by Gasteiger charge is -2.16. The number of hydrogen-bond acceptors (Lipinski definition) is 2. The Labute approximate surface area is 110 Å². The number of halogens is 2. The quantitative estimate of drug-likeness (QED) is 0.854. The van der Waals surface area contributed by atoms with Gasteiger partial charge in [0.05, 0.1) is 10.6 Å². The van der Waals surface area contributed by atoms with Crippen LogP contribution >= 0.6 is 23.2 Å². The molecule has 5 heteroatoms. The highest BCUT2D eigenvalue weighted by atomic mass is 35.5. The Balaban J connectivity index is 2.23. The molecule has 0 bridgehead atoms. The van der Waals surface area contributed by atoms with Crippen LogP contribution in [-0.4, -0.2) is 29.9 Å². The largest absolute Gasteiger partial charge is 0.337 e. The van der Waals surface area contributed by atoms with E-state index in [0.717, 1.165) is 0 Å². The second-order valence-corrected chi connectivity index (χ2v) is 5.32. The standard InChI is InChI=1S/C12H14Cl2N2O/c1-7-5-16(6-11(7)15)12(17)9-4-8(13)2-3-10(9)14/h2-4,7,11H,5-6,15H2,1H3. The molecule has 17 heavy (non-hydrogen) atoms. The fourth-order valence-electron chi connectivity index (χ4n) is 1.99. The molecule has 1 amide bonds. The summed E-state index contributed by atoms with van der Waals surface area (Å²) in [4.78, 5) is 14.0. The molecule has 0 aromatic heterocycles. The first kappa shape index (κ1) is 12.7. The van der Waals surface area contributed by atoms with E-state index in [1.807, 2.05) is 6.92 Å². The second kappa shape index (κ2) is 4.84. The summed E-state index contributed by atoms with van der Waals surface area (Å²) in [6, 6.07) is 4.94. The van der Waals surface area contributed by atoms with Gasteiger partial charge in [0.1, 0.15) is 0 Å². The van der Waals surface area contributed by atoms with Gasteiger partial charge in [-0.2, -0.15) is 0 Å². The van der Waals surface area contributed by atoms with Crippen molar-refractivity contribution in [1.29, 1.82) is 0 Å². The molecule has 1 fully saturated rings. The maximum absolute atomic E-state index is 12.2. The topological polar surface area (TPSA) is 46.3 Å². The maximum Gasteiger partial charge on any atom is 0.255 e. The fourth-order valence-corrected chi connectivity index (χ4v) is 2.36. The van der Waals surface area contributed by atoms with Gasteiger partial charge in [-0.25, -0.2) is 0 Å². The molecule has 0 radical (unpaired) electrons. The van der Waals surface area contributed by atoms with E-state index >= 15 is 0 Å². The number of carbonyl (C=O) groups excluding carboxylic acids is 1. The van der Waals surface area contributed by atoms with Gasteiger partial charge in [-0.3, -0.25) is 4.79 Å². The first-order valence-corrected chi connectivity index (χ1v) is 6.24. The van der Waals surface area contributed by atoms with Gasteiger partial charge < -0.3 is 10.6 Å². The number of nitrogens with zero attached hydrogens (tertiary/aromatic N) is 1. The molecule has 1 aromatic carbocycles. The van der Waals surface area contributed by atoms with Crippen LogP contribution in [0.15, 0.2) is 18.2 Å². The molecular weight excluding hydrogens is 259 g/mol. The first-order valence-electron chi connectivity index (χ1n) is 5.49. The number of benzene rings is 1. The van der Waals surface area contributed by atoms with Crippen molar-refractivity contribution in [2.24, 2.45) is 11.7 Å². The Kier molecular flexibility index (Phi) is 3.61. The zero-order valence-corrected chi connectivity index (χ0v) is 11.0. The van der Waals surface area contributed by atoms with Crippen molar-refractivity contribution >= 4 is 29.1 Å². The Hall–Kier alpha value is -0.770. The molecule has 2 rings (SSSR count). The van der Waals surface area contributed by atoms with Crippen molar-refractivity contribution in [2.45, 2.75) is 13.0 Å². The van der Waals surface area contributed by atoms with Gasteiger partial charge in [0.2, 0.25) is 0 Å². The van der Waals surface area contributed by atoms with Crippen LogP contribution in [0.3, 0.4) is 0 Å². The Bertz CT molecular complexity index is 440. The van der Waals surface area contributed by atoms with Gasteiger partial charge in [-0.05, 0) is 24.1 Å². The summed E-state index contributed by atoms with van der Waals surface area (Å²) >= 11 is 11.9. The average molecular weight is 273 g/mol. The lowest BCUT2D eigenvalue weighted by atomic mass is 10.1. The number of rotatable bonds is 1. The van der Waals surface area contributed by atoms with Crippen molar-refractivity contribution < 1.29 is 4.79 Å². The fraction of sp³-hybridized carbons (Fsp3) is 0.417. The third-order valence-electron chi connectivity index (χ3n) is 3.12. The van der Waals surface area contributed by atoms with Gasteiger partial charge in [0.15, 0.2) is 0 Å². The summed E-state index contributed by atoms with van der Waals surface area (Å²) in [5, 5.41) is 0.932. The molecule has 1 aromatic rings. The minimum atomic E-state index is -0.0997. The second-order valence-electron chi connectivity index (χ2n) is 4.48. The average Bonchev–Trinajstić information content (AvgIpc) is 2.62. The molecule has 1 aliphatic rings. The van der Waals surface area contributed by atoms with Gasteiger partial charge in [0.25, 0.3) is 5.91 Å². The van der Waals surface area contributed by atoms with Crippen molar-refractivity contribution in [2.75, 3.05) is 13.1 Å². The number of likely N-dealkylation sites (tertiary alicyclic amines) is 1. The summed E-state index contributed by atoms with van der Waals surface area (Å²) in [7, 11) is 0. The van der Waals surface area contributed by atoms with Crippen LogP contribution < -0.4 is 5.73 Å². The smallest absolute Gasteiger partial charge is 0.255 e. The van der Waals surface area contributed by atoms with Crippen LogP contribution in [0.1, 0.15) is 17.3 Å². The SMILES string of the molecule is CC1CN(C(=O)c2cc(Cl)ccc2Cl)CC1N. The highest BCUT2D eigenvalue weighted by Gasteiger charge is 2.31. The first-order chi connectivity index (χ1) is 7.99. The van der Waals surface area contributed by atoms with Crippen molar-refractivity contribution in [3.8, 4) is 0 Å². The minimum absolute atomic E-state index is 0.0388. The van der Waals surface area contributed by atoms with E-state index in [4.69, 9.17) is 28.9 Å². The van der Waals surface area contributed by atoms with E-state index in [2.05, 4.69) is 0 Å². The molecule has 1 saturated heterocycles. The molecule has 1 aliphatic heterocycles. The molecule has 2 unspecified atom stereocenters. The Morgan fingerprint density at radius 2 is 2.12 bits per heavy atom. The minimum Gasteiger partial charge on any atom is -0.337 e. The normalized spacial score (nSPS) is 24.1. The molecular formula is C12H14Cl2N2O. The zero-order chi connectivity index (χ0) is 12.6. The molecule has 1 heterocycles. The predicted molar refractivity (Wildman–Crippen MR) is 69.5 cm³/mol. The van der Waals surface area contributed by atoms with Crippen molar-refractivity contribution in [3.63, 3.8) is 0 Å². The van der Waals surface area contributed by atoms with E-state index in [9.17, 15) is 4.79 Å². The van der Waals surface area contributed by atoms with E-state index in [1.165, 1.54) is 0 Å². The van der Waals surface area contributed by atoms with Crippen LogP contribution in [0.4, 0.5) is 0 Å². The summed E-state index contributed by atoms with van der Waals surface area (Å²) < 4.78 is 0. The highest BCUT2D eigenvalue weighted by Crippen LogP contribution is 2.24. The third-order valence-corrected chi connectivity index (χ3v) is 3.68. The molecule has 92 valence electrons. The van der Waals surface area contributed by atoms with Gasteiger partial charge >= 0.3 is 0 Å². The lowest BCUT2D eigenvalue weighted by Crippen LogP contribution is -2.32. The molecule has 0 spiro atoms. The Morgan fingerprint density at radius 3 is 2.71 bits per heavy atom. The number of hydrogen-bond donors (Lipinski definition) is 1. The van der Waals surface area contributed by atoms with E-state index in [-0.39, 0.29) is 11.9 Å². The van der Waals surface area contributed by atoms with E-state index in [0.29, 0.717) is 34.6 Å². The lowest BCUT2D eigenvalue weighted by molar-refractivity contribution is 0.0787. The van der Waals surface area contributed by atoms with Gasteiger partial charge in [-0.1, -0.05) is 30.1 Å². The molecule has 3 nitrogen and oxygen atoms in total. The van der Waals surface area contributed by atoms with E-state index < -0.39 is 0 Å². The van der Waals surface area contributed by atoms with Crippen LogP contribution in [0, 0.1) is 5.92 Å². The van der Waals surface area contributed by atoms with Crippen LogP contribution in [0.5, 0.6) is 0 Å². The molecule has 0 saturated carbocycles. The summed E-state index contributed by atoms with van der Waals surface area (Å²) in [5.74, 6) is 0.217. The maximum atomic E-state index is 12.2. The molecule has 2 N–H and O–H groups in total. The van der Waals surface area contributed by atoms with Gasteiger partial charge in [0, 0.05) is 24.2 Å². The summed E-state index contributed by atoms with van der Waals surface area (Å²) in [5.41, 5.74) is 6.34. The highest BCUT2D eigenvalue weighted by molar-refractivity contribution is 6.35. The molecule has 2 atom stereocenters. The predicted octanol–water partition coefficient (Wildman–Crippen LogP) is 2.41. The van der Waals surface area contributed by atoms with Crippen molar-refractivity contribution in [3.05, 3.63) is 33.8 Å². The third kappa shape index (κ3) is 2.57. The summed E-state index contributed by atoms with van der Waals surface area (Å²) in [6.07, 6.45) is 0.